The van der Waals surface area contributed by atoms with E-state index in [1.807, 2.05) is 0 Å². The molecule has 0 radical (unpaired) electrons. The summed E-state index contributed by atoms with van der Waals surface area (Å²) in [4.78, 5) is 3.92. The van der Waals surface area contributed by atoms with Gasteiger partial charge in [-0.3, -0.25) is 4.98 Å². The molecular weight excluding hydrogens is 327 g/mol. The molecule has 1 aromatic heterocycles. The van der Waals surface area contributed by atoms with Gasteiger partial charge in [0.1, 0.15) is 10.7 Å². The molecule has 2 aromatic rings. The third-order valence-electron chi connectivity index (χ3n) is 2.46. The van der Waals surface area contributed by atoms with Crippen LogP contribution in [0.2, 0.25) is 5.02 Å². The van der Waals surface area contributed by atoms with Crippen molar-refractivity contribution in [2.45, 2.75) is 18.0 Å². The van der Waals surface area contributed by atoms with Crippen LogP contribution in [0.5, 0.6) is 0 Å². The normalized spacial score (nSPS) is 11.8. The lowest BCUT2D eigenvalue weighted by Gasteiger charge is -2.09. The Morgan fingerprint density at radius 3 is 2.80 bits per heavy atom. The Morgan fingerprint density at radius 1 is 1.45 bits per heavy atom. The number of aliphatic hydroxyl groups excluding tert-OH is 1. The van der Waals surface area contributed by atoms with Crippen LogP contribution in [-0.2, 0) is 23.2 Å². The topological polar surface area (TPSA) is 79.3 Å². The highest BCUT2D eigenvalue weighted by atomic mass is 35.5. The van der Waals surface area contributed by atoms with E-state index < -0.39 is 27.3 Å². The number of hydrogen-bond acceptors (Lipinski definition) is 5. The summed E-state index contributed by atoms with van der Waals surface area (Å²) in [5, 5.41) is 9.03. The van der Waals surface area contributed by atoms with E-state index in [1.54, 1.807) is 5.51 Å². The highest BCUT2D eigenvalue weighted by molar-refractivity contribution is 7.89. The van der Waals surface area contributed by atoms with Crippen molar-refractivity contribution in [3.05, 3.63) is 45.1 Å². The van der Waals surface area contributed by atoms with Gasteiger partial charge < -0.3 is 5.11 Å². The average Bonchev–Trinajstić information content (AvgIpc) is 2.92. The first-order chi connectivity index (χ1) is 9.44. The summed E-state index contributed by atoms with van der Waals surface area (Å²) in [7, 11) is -4.06. The molecule has 0 saturated carbocycles. The molecule has 20 heavy (non-hydrogen) atoms. The van der Waals surface area contributed by atoms with Gasteiger partial charge >= 0.3 is 0 Å². The molecule has 1 heterocycles. The SMILES string of the molecule is O=S(=O)(NCc1cncs1)c1cc(Cl)cc(CO)c1F. The zero-order valence-corrected chi connectivity index (χ0v) is 12.4. The minimum atomic E-state index is -4.06. The predicted octanol–water partition coefficient (Wildman–Crippen LogP) is 1.91. The zero-order valence-electron chi connectivity index (χ0n) is 10.0. The van der Waals surface area contributed by atoms with Crippen molar-refractivity contribution < 1.29 is 17.9 Å². The van der Waals surface area contributed by atoms with Crippen LogP contribution in [-0.4, -0.2) is 18.5 Å². The standard InChI is InChI=1S/C11H10ClFN2O3S2/c12-8-1-7(5-16)11(13)10(2-8)20(17,18)15-4-9-3-14-6-19-9/h1-3,6,15-16H,4-5H2. The van der Waals surface area contributed by atoms with Crippen molar-refractivity contribution in [3.63, 3.8) is 0 Å². The summed E-state index contributed by atoms with van der Waals surface area (Å²) < 4.78 is 40.3. The number of halogens is 2. The number of benzene rings is 1. The van der Waals surface area contributed by atoms with Crippen LogP contribution >= 0.6 is 22.9 Å². The highest BCUT2D eigenvalue weighted by Gasteiger charge is 2.22. The van der Waals surface area contributed by atoms with Gasteiger partial charge in [-0.2, -0.15) is 0 Å². The Labute approximate surface area is 124 Å². The fourth-order valence-electron chi connectivity index (χ4n) is 1.50. The van der Waals surface area contributed by atoms with Crippen molar-refractivity contribution in [3.8, 4) is 0 Å². The first-order valence-corrected chi connectivity index (χ1v) is 8.14. The van der Waals surface area contributed by atoms with Gasteiger partial charge in [-0.25, -0.2) is 17.5 Å². The lowest BCUT2D eigenvalue weighted by atomic mass is 10.2. The molecule has 0 aliphatic rings. The third kappa shape index (κ3) is 3.33. The summed E-state index contributed by atoms with van der Waals surface area (Å²) in [5.41, 5.74) is 1.39. The number of aliphatic hydroxyl groups is 1. The largest absolute Gasteiger partial charge is 0.392 e. The van der Waals surface area contributed by atoms with Gasteiger partial charge in [0.15, 0.2) is 0 Å². The van der Waals surface area contributed by atoms with E-state index in [2.05, 4.69) is 9.71 Å². The van der Waals surface area contributed by atoms with E-state index in [4.69, 9.17) is 16.7 Å². The smallest absolute Gasteiger partial charge is 0.243 e. The molecule has 0 aliphatic carbocycles. The summed E-state index contributed by atoms with van der Waals surface area (Å²) >= 11 is 7.00. The molecule has 0 fully saturated rings. The Balaban J connectivity index is 2.31. The molecule has 2 rings (SSSR count). The maximum atomic E-state index is 14.0. The fraction of sp³-hybridized carbons (Fsp3) is 0.182. The van der Waals surface area contributed by atoms with Crippen molar-refractivity contribution in [2.24, 2.45) is 0 Å². The lowest BCUT2D eigenvalue weighted by molar-refractivity contribution is 0.274. The number of nitrogens with one attached hydrogen (secondary N) is 1. The monoisotopic (exact) mass is 336 g/mol. The number of nitrogens with zero attached hydrogens (tertiary/aromatic N) is 1. The zero-order chi connectivity index (χ0) is 14.8. The summed E-state index contributed by atoms with van der Waals surface area (Å²) in [5.74, 6) is -1.01. The number of hydrogen-bond donors (Lipinski definition) is 2. The third-order valence-corrected chi connectivity index (χ3v) is 4.86. The molecule has 0 atom stereocenters. The molecular formula is C11H10ClFN2O3S2. The van der Waals surface area contributed by atoms with E-state index in [9.17, 15) is 12.8 Å². The van der Waals surface area contributed by atoms with Gasteiger partial charge in [-0.05, 0) is 12.1 Å². The van der Waals surface area contributed by atoms with Crippen LogP contribution in [0.4, 0.5) is 4.39 Å². The molecule has 0 aliphatic heterocycles. The van der Waals surface area contributed by atoms with Crippen molar-refractivity contribution in [1.82, 2.24) is 9.71 Å². The van der Waals surface area contributed by atoms with Gasteiger partial charge in [-0.15, -0.1) is 11.3 Å². The minimum Gasteiger partial charge on any atom is -0.392 e. The van der Waals surface area contributed by atoms with Gasteiger partial charge in [0.2, 0.25) is 10.0 Å². The second-order valence-electron chi connectivity index (χ2n) is 3.83. The number of sulfonamides is 1. The van der Waals surface area contributed by atoms with Crippen LogP contribution in [0.15, 0.2) is 28.7 Å². The predicted molar refractivity (Wildman–Crippen MR) is 73.5 cm³/mol. The maximum absolute atomic E-state index is 14.0. The summed E-state index contributed by atoms with van der Waals surface area (Å²) in [6, 6.07) is 2.18. The minimum absolute atomic E-state index is 0.00735. The van der Waals surface area contributed by atoms with E-state index in [0.29, 0.717) is 4.88 Å². The Morgan fingerprint density at radius 2 is 2.20 bits per heavy atom. The second-order valence-corrected chi connectivity index (χ2v) is 6.97. The van der Waals surface area contributed by atoms with E-state index >= 15 is 0 Å². The molecule has 0 unspecified atom stereocenters. The number of aromatic nitrogens is 1. The highest BCUT2D eigenvalue weighted by Crippen LogP contribution is 2.24. The van der Waals surface area contributed by atoms with Crippen LogP contribution in [0.25, 0.3) is 0 Å². The molecule has 2 N–H and O–H groups in total. The average molecular weight is 337 g/mol. The molecule has 0 spiro atoms. The van der Waals surface area contributed by atoms with Gasteiger partial charge in [-0.1, -0.05) is 11.6 Å². The molecule has 108 valence electrons. The molecule has 0 amide bonds. The van der Waals surface area contributed by atoms with E-state index in [0.717, 1.165) is 6.07 Å². The van der Waals surface area contributed by atoms with Gasteiger partial charge in [0.25, 0.3) is 0 Å². The van der Waals surface area contributed by atoms with Crippen molar-refractivity contribution >= 4 is 33.0 Å². The van der Waals surface area contributed by atoms with Gasteiger partial charge in [0, 0.05) is 28.2 Å². The van der Waals surface area contributed by atoms with Crippen molar-refractivity contribution in [1.29, 1.82) is 0 Å². The Hall–Kier alpha value is -1.06. The van der Waals surface area contributed by atoms with Crippen LogP contribution < -0.4 is 4.72 Å². The van der Waals surface area contributed by atoms with Crippen LogP contribution in [0.3, 0.4) is 0 Å². The van der Waals surface area contributed by atoms with Crippen LogP contribution in [0, 0.1) is 5.82 Å². The Kier molecular flexibility index (Phi) is 4.71. The number of thiazole rings is 1. The van der Waals surface area contributed by atoms with E-state index in [-0.39, 0.29) is 17.1 Å². The molecule has 5 nitrogen and oxygen atoms in total. The maximum Gasteiger partial charge on any atom is 0.243 e. The quantitative estimate of drug-likeness (QED) is 0.874. The van der Waals surface area contributed by atoms with Crippen molar-refractivity contribution in [2.75, 3.05) is 0 Å². The summed E-state index contributed by atoms with van der Waals surface area (Å²) in [6.45, 7) is -0.628. The molecule has 0 saturated heterocycles. The fourth-order valence-corrected chi connectivity index (χ4v) is 3.58. The summed E-state index contributed by atoms with van der Waals surface area (Å²) in [6.07, 6.45) is 1.51. The van der Waals surface area contributed by atoms with Crippen LogP contribution in [0.1, 0.15) is 10.4 Å². The second kappa shape index (κ2) is 6.15. The number of rotatable bonds is 5. The lowest BCUT2D eigenvalue weighted by Crippen LogP contribution is -2.24. The van der Waals surface area contributed by atoms with Gasteiger partial charge in [0.05, 0.1) is 12.1 Å². The first kappa shape index (κ1) is 15.3. The molecule has 0 bridgehead atoms. The molecule has 1 aromatic carbocycles. The van der Waals surface area contributed by atoms with E-state index in [1.165, 1.54) is 23.6 Å². The molecule has 9 heteroatoms. The Bertz CT molecular complexity index is 705. The first-order valence-electron chi connectivity index (χ1n) is 5.40.